The molecule has 1 aromatic heterocycles. The lowest BCUT2D eigenvalue weighted by atomic mass is 10.1. The van der Waals surface area contributed by atoms with Crippen molar-refractivity contribution in [3.05, 3.63) is 65.5 Å². The van der Waals surface area contributed by atoms with Crippen molar-refractivity contribution in [2.75, 3.05) is 7.11 Å². The zero-order valence-electron chi connectivity index (χ0n) is 17.9. The highest BCUT2D eigenvalue weighted by molar-refractivity contribution is 7.98. The summed E-state index contributed by atoms with van der Waals surface area (Å²) >= 11 is 1.23. The number of aromatic nitrogens is 3. The molecule has 3 aromatic rings. The number of methoxy groups -OCH3 is 1. The van der Waals surface area contributed by atoms with Crippen molar-refractivity contribution < 1.29 is 27.5 Å². The molecule has 0 aliphatic carbocycles. The van der Waals surface area contributed by atoms with Crippen LogP contribution >= 0.6 is 11.8 Å². The van der Waals surface area contributed by atoms with Gasteiger partial charge in [0.2, 0.25) is 5.91 Å². The highest BCUT2D eigenvalue weighted by atomic mass is 32.2. The quantitative estimate of drug-likeness (QED) is 0.489. The summed E-state index contributed by atoms with van der Waals surface area (Å²) in [6.45, 7) is 0. The second-order valence-corrected chi connectivity index (χ2v) is 8.49. The summed E-state index contributed by atoms with van der Waals surface area (Å²) in [4.78, 5) is 23.4. The van der Waals surface area contributed by atoms with Crippen LogP contribution < -0.4 is 15.4 Å². The Morgan fingerprint density at radius 2 is 1.94 bits per heavy atom. The van der Waals surface area contributed by atoms with Crippen LogP contribution in [0, 0.1) is 0 Å². The highest BCUT2D eigenvalue weighted by Gasteiger charge is 2.30. The third kappa shape index (κ3) is 5.50. The average Bonchev–Trinajstić information content (AvgIpc) is 3.19. The number of nitrogens with zero attached hydrogens (tertiary/aromatic N) is 3. The van der Waals surface area contributed by atoms with E-state index in [0.29, 0.717) is 28.0 Å². The summed E-state index contributed by atoms with van der Waals surface area (Å²) in [5, 5.41) is 13.8. The van der Waals surface area contributed by atoms with Gasteiger partial charge >= 0.3 is 12.2 Å². The van der Waals surface area contributed by atoms with Gasteiger partial charge < -0.3 is 10.1 Å². The summed E-state index contributed by atoms with van der Waals surface area (Å²) in [6, 6.07) is 11.2. The van der Waals surface area contributed by atoms with E-state index in [1.165, 1.54) is 24.9 Å². The van der Waals surface area contributed by atoms with E-state index < -0.39 is 23.8 Å². The third-order valence-electron chi connectivity index (χ3n) is 5.08. The Morgan fingerprint density at radius 1 is 1.15 bits per heavy atom. The number of carbonyl (C=O) groups excluding carboxylic acids is 2. The molecular weight excluding hydrogens is 471 g/mol. The minimum atomic E-state index is -4.43. The fourth-order valence-electron chi connectivity index (χ4n) is 3.54. The van der Waals surface area contributed by atoms with E-state index in [9.17, 15) is 22.8 Å². The predicted molar refractivity (Wildman–Crippen MR) is 118 cm³/mol. The molecule has 34 heavy (non-hydrogen) atoms. The van der Waals surface area contributed by atoms with E-state index in [-0.39, 0.29) is 24.5 Å². The molecule has 1 aliphatic heterocycles. The van der Waals surface area contributed by atoms with E-state index in [1.807, 2.05) is 6.07 Å². The number of alkyl halides is 3. The van der Waals surface area contributed by atoms with Gasteiger partial charge in [0.25, 0.3) is 0 Å². The second kappa shape index (κ2) is 9.75. The van der Waals surface area contributed by atoms with E-state index in [1.54, 1.807) is 28.8 Å². The molecule has 1 fully saturated rings. The van der Waals surface area contributed by atoms with Crippen LogP contribution in [0.1, 0.15) is 23.4 Å². The molecule has 8 nitrogen and oxygen atoms in total. The van der Waals surface area contributed by atoms with Crippen LogP contribution in [-0.4, -0.2) is 39.9 Å². The van der Waals surface area contributed by atoms with Crippen molar-refractivity contribution in [1.29, 1.82) is 0 Å². The largest absolute Gasteiger partial charge is 0.497 e. The van der Waals surface area contributed by atoms with Gasteiger partial charge in [-0.05, 0) is 23.8 Å². The Labute approximate surface area is 196 Å². The molecule has 0 spiro atoms. The molecule has 2 N–H and O–H groups in total. The van der Waals surface area contributed by atoms with Crippen molar-refractivity contribution in [2.45, 2.75) is 36.0 Å². The van der Waals surface area contributed by atoms with Crippen LogP contribution in [0.2, 0.25) is 0 Å². The SMILES string of the molecule is COc1cccc(-n2c(CC3CC(=O)NC(=O)N3)nnc2SCc2cccc(C(F)(F)F)c2)c1. The maximum atomic E-state index is 13.1. The van der Waals surface area contributed by atoms with Crippen LogP contribution in [0.25, 0.3) is 5.69 Å². The maximum Gasteiger partial charge on any atom is 0.416 e. The number of carbonyl (C=O) groups is 2. The van der Waals surface area contributed by atoms with Gasteiger partial charge in [0.05, 0.1) is 18.4 Å². The zero-order chi connectivity index (χ0) is 24.3. The molecule has 1 unspecified atom stereocenters. The van der Waals surface area contributed by atoms with Gasteiger partial charge in [-0.3, -0.25) is 14.7 Å². The van der Waals surface area contributed by atoms with Gasteiger partial charge in [0.15, 0.2) is 5.16 Å². The minimum Gasteiger partial charge on any atom is -0.497 e. The average molecular weight is 491 g/mol. The molecule has 2 aromatic carbocycles. The number of nitrogens with one attached hydrogen (secondary N) is 2. The number of hydrogen-bond donors (Lipinski definition) is 2. The molecule has 2 heterocycles. The Balaban J connectivity index is 1.63. The molecule has 0 bridgehead atoms. The van der Waals surface area contributed by atoms with Crippen molar-refractivity contribution in [3.63, 3.8) is 0 Å². The molecule has 178 valence electrons. The summed E-state index contributed by atoms with van der Waals surface area (Å²) in [7, 11) is 1.53. The third-order valence-corrected chi connectivity index (χ3v) is 6.08. The van der Waals surface area contributed by atoms with Crippen LogP contribution in [0.5, 0.6) is 5.75 Å². The van der Waals surface area contributed by atoms with E-state index in [4.69, 9.17) is 4.74 Å². The molecular formula is C22H20F3N5O3S. The first-order valence-electron chi connectivity index (χ1n) is 10.2. The summed E-state index contributed by atoms with van der Waals surface area (Å²) in [5.41, 5.74) is 0.446. The van der Waals surface area contributed by atoms with Crippen molar-refractivity contribution >= 4 is 23.7 Å². The topological polar surface area (TPSA) is 98.1 Å². The molecule has 4 rings (SSSR count). The van der Waals surface area contributed by atoms with E-state index in [0.717, 1.165) is 12.1 Å². The second-order valence-electron chi connectivity index (χ2n) is 7.55. The minimum absolute atomic E-state index is 0.0867. The van der Waals surface area contributed by atoms with Gasteiger partial charge in [-0.1, -0.05) is 36.0 Å². The fraction of sp³-hybridized carbons (Fsp3) is 0.273. The van der Waals surface area contributed by atoms with Crippen LogP contribution in [0.4, 0.5) is 18.0 Å². The number of rotatable bonds is 7. The van der Waals surface area contributed by atoms with Crippen molar-refractivity contribution in [3.8, 4) is 11.4 Å². The molecule has 1 saturated heterocycles. The molecule has 0 radical (unpaired) electrons. The number of urea groups is 1. The first-order chi connectivity index (χ1) is 16.2. The van der Waals surface area contributed by atoms with Gasteiger partial charge in [-0.15, -0.1) is 10.2 Å². The Morgan fingerprint density at radius 3 is 2.68 bits per heavy atom. The Bertz CT molecular complexity index is 1200. The first kappa shape index (κ1) is 23.6. The first-order valence-corrected chi connectivity index (χ1v) is 11.2. The van der Waals surface area contributed by atoms with Crippen LogP contribution in [0.15, 0.2) is 53.7 Å². The monoisotopic (exact) mass is 491 g/mol. The lowest BCUT2D eigenvalue weighted by molar-refractivity contribution is -0.137. The summed E-state index contributed by atoms with van der Waals surface area (Å²) in [6.07, 6.45) is -4.11. The van der Waals surface area contributed by atoms with Crippen molar-refractivity contribution in [1.82, 2.24) is 25.4 Å². The Kier molecular flexibility index (Phi) is 6.77. The number of halogens is 3. The smallest absolute Gasteiger partial charge is 0.416 e. The summed E-state index contributed by atoms with van der Waals surface area (Å²) in [5.74, 6) is 0.922. The number of hydrogen-bond acceptors (Lipinski definition) is 6. The molecule has 3 amide bonds. The van der Waals surface area contributed by atoms with Gasteiger partial charge in [0.1, 0.15) is 11.6 Å². The number of benzene rings is 2. The summed E-state index contributed by atoms with van der Waals surface area (Å²) < 4.78 is 46.3. The van der Waals surface area contributed by atoms with Gasteiger partial charge in [-0.25, -0.2) is 4.79 Å². The standard InChI is InChI=1S/C22H20F3N5O3S/c1-33-17-7-3-6-16(11-17)30-18(9-15-10-19(31)27-20(32)26-15)28-29-21(30)34-12-13-4-2-5-14(8-13)22(23,24)25/h2-8,11,15H,9-10,12H2,1H3,(H2,26,27,31,32). The molecule has 1 aliphatic rings. The molecule has 1 atom stereocenters. The van der Waals surface area contributed by atoms with Gasteiger partial charge in [-0.2, -0.15) is 13.2 Å². The fourth-order valence-corrected chi connectivity index (χ4v) is 4.45. The van der Waals surface area contributed by atoms with Crippen molar-refractivity contribution in [2.24, 2.45) is 0 Å². The highest BCUT2D eigenvalue weighted by Crippen LogP contribution is 2.32. The molecule has 0 saturated carbocycles. The van der Waals surface area contributed by atoms with Crippen LogP contribution in [-0.2, 0) is 23.1 Å². The Hall–Kier alpha value is -3.54. The molecule has 12 heteroatoms. The van der Waals surface area contributed by atoms with Gasteiger partial charge in [0, 0.05) is 30.7 Å². The number of imide groups is 1. The number of ether oxygens (including phenoxy) is 1. The normalized spacial score (nSPS) is 16.2. The maximum absolute atomic E-state index is 13.1. The number of thioether (sulfide) groups is 1. The lowest BCUT2D eigenvalue weighted by Crippen LogP contribution is -2.53. The zero-order valence-corrected chi connectivity index (χ0v) is 18.7. The lowest BCUT2D eigenvalue weighted by Gasteiger charge is -2.23. The predicted octanol–water partition coefficient (Wildman–Crippen LogP) is 3.73. The van der Waals surface area contributed by atoms with Crippen LogP contribution in [0.3, 0.4) is 0 Å². The van der Waals surface area contributed by atoms with E-state index >= 15 is 0 Å². The number of amides is 3. The van der Waals surface area contributed by atoms with E-state index in [2.05, 4.69) is 20.8 Å².